The third-order valence-electron chi connectivity index (χ3n) is 7.07. The van der Waals surface area contributed by atoms with Crippen LogP contribution in [0, 0.1) is 12.8 Å². The van der Waals surface area contributed by atoms with Gasteiger partial charge in [0, 0.05) is 24.6 Å². The molecule has 0 radical (unpaired) electrons. The monoisotopic (exact) mass is 597 g/mol. The minimum Gasteiger partial charge on any atom is -0.508 e. The molecule has 1 aliphatic carbocycles. The molecular formula is C32H43N3O8. The molecule has 0 spiro atoms. The van der Waals surface area contributed by atoms with Crippen LogP contribution in [0.15, 0.2) is 42.5 Å². The fourth-order valence-electron chi connectivity index (χ4n) is 4.81. The summed E-state index contributed by atoms with van der Waals surface area (Å²) in [5, 5.41) is 26.2. The number of aromatic hydroxyl groups is 2. The van der Waals surface area contributed by atoms with E-state index in [-0.39, 0.29) is 55.0 Å². The molecule has 2 aromatic carbocycles. The van der Waals surface area contributed by atoms with E-state index in [0.717, 1.165) is 0 Å². The lowest BCUT2D eigenvalue weighted by Gasteiger charge is -2.35. The molecule has 0 aromatic heterocycles. The van der Waals surface area contributed by atoms with Gasteiger partial charge < -0.3 is 35.2 Å². The predicted octanol–water partition coefficient (Wildman–Crippen LogP) is 3.89. The van der Waals surface area contributed by atoms with E-state index in [2.05, 4.69) is 10.6 Å². The number of phenols is 2. The molecule has 1 fully saturated rings. The molecule has 1 saturated carbocycles. The summed E-state index contributed by atoms with van der Waals surface area (Å²) in [6.07, 6.45) is -0.206. The fourth-order valence-corrected chi connectivity index (χ4v) is 4.81. The first-order chi connectivity index (χ1) is 20.2. The highest BCUT2D eigenvalue weighted by molar-refractivity contribution is 5.93. The lowest BCUT2D eigenvalue weighted by atomic mass is 9.97. The number of hydrogen-bond donors (Lipinski definition) is 4. The number of para-hydroxylation sites is 1. The van der Waals surface area contributed by atoms with E-state index in [0.29, 0.717) is 17.5 Å². The molecule has 11 heteroatoms. The van der Waals surface area contributed by atoms with E-state index in [9.17, 15) is 29.4 Å². The van der Waals surface area contributed by atoms with Gasteiger partial charge in [-0.05, 0) is 70.2 Å². The quantitative estimate of drug-likeness (QED) is 0.269. The predicted molar refractivity (Wildman–Crippen MR) is 159 cm³/mol. The average molecular weight is 598 g/mol. The molecule has 4 unspecified atom stereocenters. The Morgan fingerprint density at radius 3 is 2.30 bits per heavy atom. The van der Waals surface area contributed by atoms with Gasteiger partial charge in [0.15, 0.2) is 0 Å². The van der Waals surface area contributed by atoms with E-state index >= 15 is 0 Å². The van der Waals surface area contributed by atoms with Gasteiger partial charge in [0.1, 0.15) is 29.2 Å². The van der Waals surface area contributed by atoms with Crippen molar-refractivity contribution in [2.75, 3.05) is 13.2 Å². The molecule has 2 aromatic rings. The molecule has 3 rings (SSSR count). The van der Waals surface area contributed by atoms with Crippen LogP contribution in [0.1, 0.15) is 70.2 Å². The van der Waals surface area contributed by atoms with E-state index in [4.69, 9.17) is 9.47 Å². The second-order valence-corrected chi connectivity index (χ2v) is 11.9. The van der Waals surface area contributed by atoms with Crippen molar-refractivity contribution in [1.29, 1.82) is 0 Å². The number of aryl methyl sites for hydroxylation is 1. The standard InChI is InChI=1S/C32H43N3O8/c1-7-42-26(37)15-16-33-29(39)27(23-10-8-9-19(2)28(23)38)35(25-17-20(25)3)30(40)24(34-31(41)43-32(4,5)6)18-21-11-13-22(36)14-12-21/h8-14,20,24-25,27,36,38H,7,15-18H2,1-6H3,(H,33,39)(H,34,41). The first-order valence-corrected chi connectivity index (χ1v) is 14.5. The van der Waals surface area contributed by atoms with Crippen LogP contribution in [0.2, 0.25) is 0 Å². The molecule has 4 N–H and O–H groups in total. The van der Waals surface area contributed by atoms with Gasteiger partial charge in [0.2, 0.25) is 11.8 Å². The van der Waals surface area contributed by atoms with Crippen molar-refractivity contribution in [3.63, 3.8) is 0 Å². The van der Waals surface area contributed by atoms with Crippen LogP contribution >= 0.6 is 0 Å². The van der Waals surface area contributed by atoms with Crippen molar-refractivity contribution >= 4 is 23.9 Å². The summed E-state index contributed by atoms with van der Waals surface area (Å²) in [5.74, 6) is -1.62. The van der Waals surface area contributed by atoms with Gasteiger partial charge in [-0.1, -0.05) is 37.3 Å². The van der Waals surface area contributed by atoms with E-state index < -0.39 is 41.6 Å². The second kappa shape index (κ2) is 14.3. The summed E-state index contributed by atoms with van der Waals surface area (Å²) in [4.78, 5) is 54.6. The van der Waals surface area contributed by atoms with Crippen molar-refractivity contribution in [2.24, 2.45) is 5.92 Å². The van der Waals surface area contributed by atoms with Crippen LogP contribution < -0.4 is 10.6 Å². The SMILES string of the molecule is CCOC(=O)CCNC(=O)C(c1cccc(C)c1O)N(C(=O)C(Cc1ccc(O)cc1)NC(=O)OC(C)(C)C)C1CC1C. The van der Waals surface area contributed by atoms with Crippen LogP contribution in [-0.4, -0.2) is 69.8 Å². The minimum absolute atomic E-state index is 0.0317. The molecule has 1 aliphatic rings. The summed E-state index contributed by atoms with van der Waals surface area (Å²) in [7, 11) is 0. The zero-order valence-corrected chi connectivity index (χ0v) is 25.7. The van der Waals surface area contributed by atoms with Crippen LogP contribution in [0.4, 0.5) is 4.79 Å². The highest BCUT2D eigenvalue weighted by atomic mass is 16.6. The summed E-state index contributed by atoms with van der Waals surface area (Å²) in [6.45, 7) is 10.6. The third-order valence-corrected chi connectivity index (χ3v) is 7.07. The summed E-state index contributed by atoms with van der Waals surface area (Å²) >= 11 is 0. The maximum Gasteiger partial charge on any atom is 0.408 e. The molecule has 0 bridgehead atoms. The summed E-state index contributed by atoms with van der Waals surface area (Å²) < 4.78 is 10.4. The molecule has 0 heterocycles. The van der Waals surface area contributed by atoms with Gasteiger partial charge in [-0.2, -0.15) is 0 Å². The van der Waals surface area contributed by atoms with Crippen molar-refractivity contribution < 1.29 is 38.9 Å². The van der Waals surface area contributed by atoms with Gasteiger partial charge in [-0.15, -0.1) is 0 Å². The highest BCUT2D eigenvalue weighted by Gasteiger charge is 2.48. The third kappa shape index (κ3) is 9.36. The van der Waals surface area contributed by atoms with Gasteiger partial charge in [-0.3, -0.25) is 14.4 Å². The van der Waals surface area contributed by atoms with Crippen LogP contribution in [-0.2, 0) is 30.3 Å². The van der Waals surface area contributed by atoms with E-state index in [1.807, 2.05) is 6.92 Å². The van der Waals surface area contributed by atoms with Gasteiger partial charge >= 0.3 is 12.1 Å². The number of esters is 1. The molecule has 234 valence electrons. The smallest absolute Gasteiger partial charge is 0.408 e. The van der Waals surface area contributed by atoms with Gasteiger partial charge in [0.25, 0.3) is 0 Å². The zero-order chi connectivity index (χ0) is 31.9. The number of phenolic OH excluding ortho intramolecular Hbond substituents is 2. The number of alkyl carbamates (subject to hydrolysis) is 1. The number of ether oxygens (including phenoxy) is 2. The Labute approximate surface area is 252 Å². The molecule has 4 atom stereocenters. The van der Waals surface area contributed by atoms with Gasteiger partial charge in [-0.25, -0.2) is 4.79 Å². The van der Waals surface area contributed by atoms with Crippen LogP contribution in [0.5, 0.6) is 11.5 Å². The number of carbonyl (C=O) groups excluding carboxylic acids is 4. The highest BCUT2D eigenvalue weighted by Crippen LogP contribution is 2.43. The summed E-state index contributed by atoms with van der Waals surface area (Å²) in [6, 6.07) is 8.46. The average Bonchev–Trinajstić information content (AvgIpc) is 3.64. The van der Waals surface area contributed by atoms with E-state index in [1.54, 1.807) is 65.0 Å². The Balaban J connectivity index is 2.03. The first kappa shape index (κ1) is 33.2. The number of nitrogens with one attached hydrogen (secondary N) is 2. The lowest BCUT2D eigenvalue weighted by molar-refractivity contribution is -0.145. The number of hydrogen-bond acceptors (Lipinski definition) is 8. The number of carbonyl (C=O) groups is 4. The summed E-state index contributed by atoms with van der Waals surface area (Å²) in [5.41, 5.74) is 0.576. The van der Waals surface area contributed by atoms with Gasteiger partial charge in [0.05, 0.1) is 13.0 Å². The molecule has 0 aliphatic heterocycles. The normalized spacial score (nSPS) is 17.3. The van der Waals surface area contributed by atoms with Crippen LogP contribution in [0.3, 0.4) is 0 Å². The fraction of sp³-hybridized carbons (Fsp3) is 0.500. The number of rotatable bonds is 12. The number of nitrogens with zero attached hydrogens (tertiary/aromatic N) is 1. The van der Waals surface area contributed by atoms with Crippen molar-refractivity contribution in [3.05, 3.63) is 59.2 Å². The topological polar surface area (TPSA) is 154 Å². The Bertz CT molecular complexity index is 1300. The second-order valence-electron chi connectivity index (χ2n) is 11.9. The maximum atomic E-state index is 14.5. The minimum atomic E-state index is -1.26. The molecular weight excluding hydrogens is 554 g/mol. The Kier molecular flexibility index (Phi) is 11.0. The molecule has 0 saturated heterocycles. The van der Waals surface area contributed by atoms with Crippen LogP contribution in [0.25, 0.3) is 0 Å². The van der Waals surface area contributed by atoms with Crippen molar-refractivity contribution in [1.82, 2.24) is 15.5 Å². The van der Waals surface area contributed by atoms with E-state index in [1.165, 1.54) is 17.0 Å². The largest absolute Gasteiger partial charge is 0.508 e. The Hall–Kier alpha value is -4.28. The Morgan fingerprint density at radius 2 is 1.72 bits per heavy atom. The lowest BCUT2D eigenvalue weighted by Crippen LogP contribution is -2.54. The van der Waals surface area contributed by atoms with Crippen molar-refractivity contribution in [3.8, 4) is 11.5 Å². The Morgan fingerprint density at radius 1 is 1.07 bits per heavy atom. The maximum absolute atomic E-state index is 14.5. The number of benzene rings is 2. The molecule has 3 amide bonds. The first-order valence-electron chi connectivity index (χ1n) is 14.5. The number of amides is 3. The zero-order valence-electron chi connectivity index (χ0n) is 25.7. The molecule has 43 heavy (non-hydrogen) atoms. The molecule has 11 nitrogen and oxygen atoms in total. The van der Waals surface area contributed by atoms with Crippen molar-refractivity contribution in [2.45, 2.75) is 84.5 Å².